The molecule has 78 valence electrons. The molecule has 0 fully saturated rings. The van der Waals surface area contributed by atoms with E-state index in [0.717, 1.165) is 0 Å². The maximum Gasteiger partial charge on any atom is 0.262 e. The number of hydrogen-bond acceptors (Lipinski definition) is 2. The molecule has 5 heteroatoms. The summed E-state index contributed by atoms with van der Waals surface area (Å²) in [5.41, 5.74) is 0.0523. The van der Waals surface area contributed by atoms with Crippen molar-refractivity contribution in [2.75, 3.05) is 0 Å². The Morgan fingerprint density at radius 2 is 2.33 bits per heavy atom. The van der Waals surface area contributed by atoms with Crippen LogP contribution in [0, 0.1) is 5.82 Å². The van der Waals surface area contributed by atoms with Crippen molar-refractivity contribution in [3.05, 3.63) is 45.2 Å². The van der Waals surface area contributed by atoms with Gasteiger partial charge in [0.1, 0.15) is 5.15 Å². The summed E-state index contributed by atoms with van der Waals surface area (Å²) in [4.78, 5) is 15.7. The van der Waals surface area contributed by atoms with Gasteiger partial charge in [-0.2, -0.15) is 0 Å². The van der Waals surface area contributed by atoms with Gasteiger partial charge in [0.05, 0.1) is 5.56 Å². The Morgan fingerprint density at radius 3 is 3.00 bits per heavy atom. The van der Waals surface area contributed by atoms with Gasteiger partial charge in [-0.15, -0.1) is 0 Å². The van der Waals surface area contributed by atoms with Gasteiger partial charge < -0.3 is 0 Å². The smallest absolute Gasteiger partial charge is 0.262 e. The van der Waals surface area contributed by atoms with Gasteiger partial charge in [-0.25, -0.2) is 9.37 Å². The minimum absolute atomic E-state index is 0.0373. The molecule has 2 aromatic heterocycles. The van der Waals surface area contributed by atoms with E-state index in [1.54, 1.807) is 6.92 Å². The number of nitrogens with zero attached hydrogens (tertiary/aromatic N) is 2. The van der Waals surface area contributed by atoms with Crippen molar-refractivity contribution in [1.82, 2.24) is 9.38 Å². The molecule has 0 aliphatic carbocycles. The van der Waals surface area contributed by atoms with Crippen LogP contribution >= 0.6 is 11.6 Å². The van der Waals surface area contributed by atoms with E-state index in [2.05, 4.69) is 4.98 Å². The van der Waals surface area contributed by atoms with Gasteiger partial charge in [0, 0.05) is 6.20 Å². The fourth-order valence-corrected chi connectivity index (χ4v) is 1.73. The summed E-state index contributed by atoms with van der Waals surface area (Å²) >= 11 is 5.79. The third-order valence-corrected chi connectivity index (χ3v) is 2.52. The molecule has 0 unspecified atom stereocenters. The quantitative estimate of drug-likeness (QED) is 0.698. The van der Waals surface area contributed by atoms with Gasteiger partial charge in [0.15, 0.2) is 11.5 Å². The zero-order valence-electron chi connectivity index (χ0n) is 8.00. The highest BCUT2D eigenvalue weighted by atomic mass is 35.5. The number of hydrogen-bond donors (Lipinski definition) is 0. The first-order valence-corrected chi connectivity index (χ1v) is 4.88. The normalized spacial score (nSPS) is 10.9. The molecular formula is C10H8ClFN2O. The lowest BCUT2D eigenvalue weighted by atomic mass is 10.2. The molecule has 0 amide bonds. The Labute approximate surface area is 90.1 Å². The summed E-state index contributed by atoms with van der Waals surface area (Å²) in [5.74, 6) is -0.556. The standard InChI is InChI=1S/C10H8ClFN2O/c1-2-6-8(11)13-9-7(12)4-3-5-14(9)10(6)15/h3-5H,2H2,1H3. The highest BCUT2D eigenvalue weighted by Gasteiger charge is 2.11. The molecule has 0 spiro atoms. The highest BCUT2D eigenvalue weighted by molar-refractivity contribution is 6.30. The predicted octanol–water partition coefficient (Wildman–Crippen LogP) is 2.05. The molecule has 0 saturated heterocycles. The van der Waals surface area contributed by atoms with E-state index >= 15 is 0 Å². The Bertz CT molecular complexity index is 579. The summed E-state index contributed by atoms with van der Waals surface area (Å²) < 4.78 is 14.5. The summed E-state index contributed by atoms with van der Waals surface area (Å²) in [6.45, 7) is 1.80. The summed E-state index contributed by atoms with van der Waals surface area (Å²) in [7, 11) is 0. The molecule has 2 rings (SSSR count). The van der Waals surface area contributed by atoms with E-state index in [1.165, 1.54) is 22.7 Å². The van der Waals surface area contributed by atoms with Crippen molar-refractivity contribution in [3.63, 3.8) is 0 Å². The number of aromatic nitrogens is 2. The summed E-state index contributed by atoms with van der Waals surface area (Å²) in [6.07, 6.45) is 1.95. The van der Waals surface area contributed by atoms with Crippen molar-refractivity contribution in [3.8, 4) is 0 Å². The minimum Gasteiger partial charge on any atom is -0.269 e. The van der Waals surface area contributed by atoms with E-state index in [1.807, 2.05) is 0 Å². The molecular weight excluding hydrogens is 219 g/mol. The third-order valence-electron chi connectivity index (χ3n) is 2.20. The van der Waals surface area contributed by atoms with Crippen molar-refractivity contribution >= 4 is 17.2 Å². The third kappa shape index (κ3) is 1.51. The molecule has 0 aliphatic rings. The van der Waals surface area contributed by atoms with Crippen LogP contribution in [0.1, 0.15) is 12.5 Å². The van der Waals surface area contributed by atoms with Gasteiger partial charge in [-0.3, -0.25) is 9.20 Å². The second-order valence-corrected chi connectivity index (χ2v) is 3.45. The average Bonchev–Trinajstić information content (AvgIpc) is 2.20. The van der Waals surface area contributed by atoms with E-state index in [0.29, 0.717) is 12.0 Å². The topological polar surface area (TPSA) is 34.4 Å². The van der Waals surface area contributed by atoms with Gasteiger partial charge >= 0.3 is 0 Å². The van der Waals surface area contributed by atoms with Crippen LogP contribution < -0.4 is 5.56 Å². The van der Waals surface area contributed by atoms with Crippen LogP contribution in [-0.2, 0) is 6.42 Å². The first kappa shape index (κ1) is 10.1. The van der Waals surface area contributed by atoms with Gasteiger partial charge in [0.25, 0.3) is 5.56 Å². The summed E-state index contributed by atoms with van der Waals surface area (Å²) in [5, 5.41) is 0.0765. The molecule has 0 bridgehead atoms. The van der Waals surface area contributed by atoms with Crippen molar-refractivity contribution in [2.45, 2.75) is 13.3 Å². The SMILES string of the molecule is CCc1c(Cl)nc2c(F)cccn2c1=O. The van der Waals surface area contributed by atoms with Crippen LogP contribution in [0.3, 0.4) is 0 Å². The Hall–Kier alpha value is -1.42. The first-order chi connectivity index (χ1) is 7.15. The first-order valence-electron chi connectivity index (χ1n) is 4.50. The van der Waals surface area contributed by atoms with Gasteiger partial charge in [-0.05, 0) is 18.6 Å². The van der Waals surface area contributed by atoms with E-state index in [4.69, 9.17) is 11.6 Å². The van der Waals surface area contributed by atoms with Gasteiger partial charge in [0.2, 0.25) is 0 Å². The van der Waals surface area contributed by atoms with Crippen LogP contribution in [0.15, 0.2) is 23.1 Å². The van der Waals surface area contributed by atoms with Crippen LogP contribution in [0.2, 0.25) is 5.15 Å². The second-order valence-electron chi connectivity index (χ2n) is 3.09. The zero-order valence-corrected chi connectivity index (χ0v) is 8.75. The Kier molecular flexibility index (Phi) is 2.44. The molecule has 2 aromatic rings. The Morgan fingerprint density at radius 1 is 1.60 bits per heavy atom. The maximum absolute atomic E-state index is 13.3. The molecule has 0 aromatic carbocycles. The fraction of sp³-hybridized carbons (Fsp3) is 0.200. The maximum atomic E-state index is 13.3. The van der Waals surface area contributed by atoms with Crippen molar-refractivity contribution in [1.29, 1.82) is 0 Å². The lowest BCUT2D eigenvalue weighted by Crippen LogP contribution is -2.20. The highest BCUT2D eigenvalue weighted by Crippen LogP contribution is 2.12. The van der Waals surface area contributed by atoms with Crippen LogP contribution in [0.5, 0.6) is 0 Å². The van der Waals surface area contributed by atoms with Crippen molar-refractivity contribution in [2.24, 2.45) is 0 Å². The van der Waals surface area contributed by atoms with Crippen molar-refractivity contribution < 1.29 is 4.39 Å². The van der Waals surface area contributed by atoms with Crippen LogP contribution in [0.25, 0.3) is 5.65 Å². The second kappa shape index (κ2) is 3.62. The number of fused-ring (bicyclic) bond motifs is 1. The van der Waals surface area contributed by atoms with E-state index < -0.39 is 5.82 Å². The number of pyridine rings is 1. The lowest BCUT2D eigenvalue weighted by Gasteiger charge is -2.04. The molecule has 2 heterocycles. The number of halogens is 2. The number of rotatable bonds is 1. The zero-order chi connectivity index (χ0) is 11.0. The lowest BCUT2D eigenvalue weighted by molar-refractivity contribution is 0.626. The molecule has 0 radical (unpaired) electrons. The Balaban J connectivity index is 2.98. The summed E-state index contributed by atoms with van der Waals surface area (Å²) in [6, 6.07) is 2.70. The average molecular weight is 227 g/mol. The minimum atomic E-state index is -0.556. The molecule has 0 saturated carbocycles. The monoisotopic (exact) mass is 226 g/mol. The van der Waals surface area contributed by atoms with E-state index in [9.17, 15) is 9.18 Å². The predicted molar refractivity (Wildman–Crippen MR) is 55.8 cm³/mol. The van der Waals surface area contributed by atoms with E-state index in [-0.39, 0.29) is 16.4 Å². The molecule has 0 atom stereocenters. The van der Waals surface area contributed by atoms with Crippen LogP contribution in [-0.4, -0.2) is 9.38 Å². The molecule has 0 N–H and O–H groups in total. The molecule has 0 aliphatic heterocycles. The largest absolute Gasteiger partial charge is 0.269 e. The molecule has 15 heavy (non-hydrogen) atoms. The van der Waals surface area contributed by atoms with Gasteiger partial charge in [-0.1, -0.05) is 18.5 Å². The fourth-order valence-electron chi connectivity index (χ4n) is 1.44. The molecule has 3 nitrogen and oxygen atoms in total. The van der Waals surface area contributed by atoms with Crippen LogP contribution in [0.4, 0.5) is 4.39 Å².